The molecule has 1 atom stereocenters. The Kier molecular flexibility index (Phi) is 2.94. The van der Waals surface area contributed by atoms with Crippen LogP contribution in [0.4, 0.5) is 10.7 Å². The lowest BCUT2D eigenvalue weighted by Gasteiger charge is -2.10. The molecule has 1 amide bonds. The summed E-state index contributed by atoms with van der Waals surface area (Å²) >= 11 is 1.36. The SMILES string of the molecule is N#Cc1ccsc1NC(=O)C1Cc2ccccc2N1. The fourth-order valence-electron chi connectivity index (χ4n) is 2.15. The molecule has 1 aliphatic rings. The average Bonchev–Trinajstić information content (AvgIpc) is 3.03. The van der Waals surface area contributed by atoms with Gasteiger partial charge in [0.15, 0.2) is 0 Å². The molecule has 1 aliphatic heterocycles. The molecule has 0 saturated carbocycles. The monoisotopic (exact) mass is 269 g/mol. The fraction of sp³-hybridized carbons (Fsp3) is 0.143. The molecule has 2 aromatic rings. The zero-order valence-electron chi connectivity index (χ0n) is 10.0. The van der Waals surface area contributed by atoms with Crippen LogP contribution in [0.3, 0.4) is 0 Å². The highest BCUT2D eigenvalue weighted by Crippen LogP contribution is 2.27. The first-order chi connectivity index (χ1) is 9.28. The van der Waals surface area contributed by atoms with Crippen LogP contribution in [0, 0.1) is 11.3 Å². The van der Waals surface area contributed by atoms with Crippen molar-refractivity contribution in [2.75, 3.05) is 10.6 Å². The van der Waals surface area contributed by atoms with Crippen molar-refractivity contribution in [2.24, 2.45) is 0 Å². The summed E-state index contributed by atoms with van der Waals surface area (Å²) in [6, 6.07) is 11.4. The van der Waals surface area contributed by atoms with Crippen LogP contribution in [0.2, 0.25) is 0 Å². The van der Waals surface area contributed by atoms with Gasteiger partial charge in [-0.05, 0) is 23.1 Å². The van der Waals surface area contributed by atoms with Gasteiger partial charge in [-0.1, -0.05) is 18.2 Å². The molecule has 2 N–H and O–H groups in total. The highest BCUT2D eigenvalue weighted by Gasteiger charge is 2.26. The molecule has 0 bridgehead atoms. The number of carbonyl (C=O) groups is 1. The maximum atomic E-state index is 12.2. The lowest BCUT2D eigenvalue weighted by molar-refractivity contribution is -0.116. The molecule has 4 nitrogen and oxygen atoms in total. The highest BCUT2D eigenvalue weighted by atomic mass is 32.1. The van der Waals surface area contributed by atoms with E-state index in [2.05, 4.69) is 16.7 Å². The summed E-state index contributed by atoms with van der Waals surface area (Å²) in [5.41, 5.74) is 2.66. The Bertz CT molecular complexity index is 646. The lowest BCUT2D eigenvalue weighted by atomic mass is 10.1. The molecular weight excluding hydrogens is 258 g/mol. The quantitative estimate of drug-likeness (QED) is 0.880. The van der Waals surface area contributed by atoms with Gasteiger partial charge in [-0.2, -0.15) is 5.26 Å². The molecular formula is C14H11N3OS. The number of carbonyl (C=O) groups excluding carboxylic acids is 1. The van der Waals surface area contributed by atoms with E-state index in [-0.39, 0.29) is 11.9 Å². The van der Waals surface area contributed by atoms with Crippen LogP contribution in [-0.2, 0) is 11.2 Å². The molecule has 94 valence electrons. The van der Waals surface area contributed by atoms with E-state index in [1.807, 2.05) is 24.3 Å². The maximum absolute atomic E-state index is 12.2. The van der Waals surface area contributed by atoms with E-state index in [0.29, 0.717) is 17.0 Å². The van der Waals surface area contributed by atoms with Gasteiger partial charge in [-0.15, -0.1) is 11.3 Å². The second-order valence-electron chi connectivity index (χ2n) is 4.32. The number of nitriles is 1. The lowest BCUT2D eigenvalue weighted by Crippen LogP contribution is -2.32. The van der Waals surface area contributed by atoms with Crippen molar-refractivity contribution >= 4 is 27.9 Å². The van der Waals surface area contributed by atoms with Crippen LogP contribution >= 0.6 is 11.3 Å². The number of fused-ring (bicyclic) bond motifs is 1. The average molecular weight is 269 g/mol. The molecule has 3 rings (SSSR count). The number of hydrogen-bond acceptors (Lipinski definition) is 4. The number of thiophene rings is 1. The molecule has 0 spiro atoms. The van der Waals surface area contributed by atoms with Gasteiger partial charge in [0.05, 0.1) is 5.56 Å². The zero-order chi connectivity index (χ0) is 13.2. The van der Waals surface area contributed by atoms with Gasteiger partial charge in [0, 0.05) is 12.1 Å². The third-order valence-corrected chi connectivity index (χ3v) is 3.94. The summed E-state index contributed by atoms with van der Waals surface area (Å²) in [7, 11) is 0. The molecule has 1 aromatic carbocycles. The maximum Gasteiger partial charge on any atom is 0.247 e. The summed E-state index contributed by atoms with van der Waals surface area (Å²) in [5, 5.41) is 17.3. The molecule has 19 heavy (non-hydrogen) atoms. The first kappa shape index (κ1) is 11.8. The minimum absolute atomic E-state index is 0.102. The second kappa shape index (κ2) is 4.75. The van der Waals surface area contributed by atoms with E-state index in [1.54, 1.807) is 11.4 Å². The summed E-state index contributed by atoms with van der Waals surface area (Å²) < 4.78 is 0. The summed E-state index contributed by atoms with van der Waals surface area (Å²) in [6.07, 6.45) is 0.676. The van der Waals surface area contributed by atoms with E-state index < -0.39 is 0 Å². The molecule has 1 unspecified atom stereocenters. The molecule has 0 fully saturated rings. The number of hydrogen-bond donors (Lipinski definition) is 2. The van der Waals surface area contributed by atoms with Gasteiger partial charge < -0.3 is 10.6 Å². The topological polar surface area (TPSA) is 64.9 Å². The molecule has 5 heteroatoms. The van der Waals surface area contributed by atoms with E-state index in [4.69, 9.17) is 5.26 Å². The van der Waals surface area contributed by atoms with Crippen LogP contribution < -0.4 is 10.6 Å². The molecule has 0 aliphatic carbocycles. The number of nitrogens with one attached hydrogen (secondary N) is 2. The zero-order valence-corrected chi connectivity index (χ0v) is 10.8. The van der Waals surface area contributed by atoms with Crippen LogP contribution in [0.5, 0.6) is 0 Å². The molecule has 1 aromatic heterocycles. The first-order valence-corrected chi connectivity index (χ1v) is 6.79. The predicted molar refractivity (Wildman–Crippen MR) is 75.2 cm³/mol. The van der Waals surface area contributed by atoms with Crippen molar-refractivity contribution in [3.8, 4) is 6.07 Å². The first-order valence-electron chi connectivity index (χ1n) is 5.91. The summed E-state index contributed by atoms with van der Waals surface area (Å²) in [6.45, 7) is 0. The van der Waals surface area contributed by atoms with Crippen molar-refractivity contribution < 1.29 is 4.79 Å². The molecule has 2 heterocycles. The number of para-hydroxylation sites is 1. The van der Waals surface area contributed by atoms with Gasteiger partial charge in [0.1, 0.15) is 17.1 Å². The van der Waals surface area contributed by atoms with Crippen molar-refractivity contribution in [3.63, 3.8) is 0 Å². The fourth-order valence-corrected chi connectivity index (χ4v) is 2.89. The number of benzene rings is 1. The number of anilines is 2. The number of nitrogens with zero attached hydrogens (tertiary/aromatic N) is 1. The molecule has 0 saturated heterocycles. The normalized spacial score (nSPS) is 16.3. The number of amides is 1. The minimum atomic E-state index is -0.272. The Morgan fingerprint density at radius 2 is 2.26 bits per heavy atom. The summed E-state index contributed by atoms with van der Waals surface area (Å²) in [4.78, 5) is 12.2. The van der Waals surface area contributed by atoms with Crippen LogP contribution in [-0.4, -0.2) is 11.9 Å². The Labute approximate surface area is 114 Å². The third kappa shape index (κ3) is 2.18. The Hall–Kier alpha value is -2.32. The standard InChI is InChI=1S/C14H11N3OS/c15-8-10-5-6-19-14(10)17-13(18)12-7-9-3-1-2-4-11(9)16-12/h1-6,12,16H,7H2,(H,17,18). The third-order valence-electron chi connectivity index (χ3n) is 3.11. The van der Waals surface area contributed by atoms with Crippen molar-refractivity contribution in [1.29, 1.82) is 5.26 Å². The van der Waals surface area contributed by atoms with E-state index in [9.17, 15) is 4.79 Å². The van der Waals surface area contributed by atoms with E-state index in [0.717, 1.165) is 11.3 Å². The summed E-state index contributed by atoms with van der Waals surface area (Å²) in [5.74, 6) is -0.102. The Morgan fingerprint density at radius 3 is 3.05 bits per heavy atom. The van der Waals surface area contributed by atoms with Crippen molar-refractivity contribution in [1.82, 2.24) is 0 Å². The van der Waals surface area contributed by atoms with Crippen molar-refractivity contribution in [2.45, 2.75) is 12.5 Å². The Morgan fingerprint density at radius 1 is 1.42 bits per heavy atom. The van der Waals surface area contributed by atoms with Gasteiger partial charge in [-0.25, -0.2) is 0 Å². The van der Waals surface area contributed by atoms with Crippen LogP contribution in [0.15, 0.2) is 35.7 Å². The van der Waals surface area contributed by atoms with Crippen LogP contribution in [0.25, 0.3) is 0 Å². The highest BCUT2D eigenvalue weighted by molar-refractivity contribution is 7.14. The van der Waals surface area contributed by atoms with E-state index >= 15 is 0 Å². The van der Waals surface area contributed by atoms with Gasteiger partial charge in [0.2, 0.25) is 5.91 Å². The number of rotatable bonds is 2. The van der Waals surface area contributed by atoms with Gasteiger partial charge in [-0.3, -0.25) is 4.79 Å². The van der Waals surface area contributed by atoms with Crippen LogP contribution in [0.1, 0.15) is 11.1 Å². The Balaban J connectivity index is 1.72. The molecule has 0 radical (unpaired) electrons. The largest absolute Gasteiger partial charge is 0.373 e. The predicted octanol–water partition coefficient (Wildman–Crippen LogP) is 2.60. The van der Waals surface area contributed by atoms with E-state index in [1.165, 1.54) is 11.3 Å². The minimum Gasteiger partial charge on any atom is -0.373 e. The van der Waals surface area contributed by atoms with Gasteiger partial charge >= 0.3 is 0 Å². The van der Waals surface area contributed by atoms with Crippen molar-refractivity contribution in [3.05, 3.63) is 46.8 Å². The second-order valence-corrected chi connectivity index (χ2v) is 5.24. The van der Waals surface area contributed by atoms with Gasteiger partial charge in [0.25, 0.3) is 0 Å². The smallest absolute Gasteiger partial charge is 0.247 e.